The summed E-state index contributed by atoms with van der Waals surface area (Å²) in [6.07, 6.45) is 8.71. The van der Waals surface area contributed by atoms with Gasteiger partial charge < -0.3 is 0 Å². The van der Waals surface area contributed by atoms with Gasteiger partial charge in [-0.25, -0.2) is 9.98 Å². The predicted molar refractivity (Wildman–Crippen MR) is 224 cm³/mol. The molecular formula is C51H35N3. The van der Waals surface area contributed by atoms with Crippen molar-refractivity contribution in [1.82, 2.24) is 4.57 Å². The molecule has 0 radical (unpaired) electrons. The van der Waals surface area contributed by atoms with Crippen LogP contribution >= 0.6 is 0 Å². The zero-order chi connectivity index (χ0) is 35.6. The first-order valence-corrected chi connectivity index (χ1v) is 18.8. The minimum atomic E-state index is -0.474. The lowest BCUT2D eigenvalue weighted by atomic mass is 9.67. The molecule has 0 N–H and O–H groups in total. The summed E-state index contributed by atoms with van der Waals surface area (Å²) >= 11 is 0. The summed E-state index contributed by atoms with van der Waals surface area (Å²) in [6, 6.07) is 63.9. The average Bonchev–Trinajstić information content (AvgIpc) is 3.75. The highest BCUT2D eigenvalue weighted by Crippen LogP contribution is 2.58. The Hall–Kier alpha value is -6.84. The average molecular weight is 690 g/mol. The van der Waals surface area contributed by atoms with E-state index in [1.165, 1.54) is 55.3 Å². The SMILES string of the molecule is C1=CC2N=C(n3c4ccccc4c4c5c(ccc43)C(c3ccccc3)(c3ccccc3)c3ccccc3-5)N=C(c3ccc(-c4ccccc4)cc3)C2C=C1. The van der Waals surface area contributed by atoms with Crippen LogP contribution in [0, 0.1) is 5.92 Å². The first kappa shape index (κ1) is 30.8. The fourth-order valence-corrected chi connectivity index (χ4v) is 9.35. The fourth-order valence-electron chi connectivity index (χ4n) is 9.35. The van der Waals surface area contributed by atoms with E-state index in [4.69, 9.17) is 9.98 Å². The number of allylic oxidation sites excluding steroid dienone is 2. The van der Waals surface area contributed by atoms with Gasteiger partial charge in [0.15, 0.2) is 0 Å². The zero-order valence-corrected chi connectivity index (χ0v) is 29.5. The lowest BCUT2D eigenvalue weighted by Crippen LogP contribution is -2.33. The van der Waals surface area contributed by atoms with Crippen molar-refractivity contribution in [2.24, 2.45) is 15.9 Å². The van der Waals surface area contributed by atoms with E-state index in [2.05, 4.69) is 205 Å². The molecule has 8 aromatic rings. The first-order valence-electron chi connectivity index (χ1n) is 18.8. The third-order valence-corrected chi connectivity index (χ3v) is 11.7. The molecule has 0 amide bonds. The van der Waals surface area contributed by atoms with Crippen LogP contribution in [0.2, 0.25) is 0 Å². The number of benzene rings is 7. The minimum absolute atomic E-state index is 0.0542. The zero-order valence-electron chi connectivity index (χ0n) is 29.5. The van der Waals surface area contributed by atoms with Crippen LogP contribution in [-0.4, -0.2) is 22.3 Å². The van der Waals surface area contributed by atoms with Crippen molar-refractivity contribution >= 4 is 33.5 Å². The standard InChI is InChI=1S/C51H35N3/c1-4-16-34(17-5-1)35-28-30-36(31-29-35)49-40-23-11-14-26-44(40)52-50(53-49)54-45-27-15-12-24-41(45)48-46(54)33-32-43-47(48)39-22-10-13-25-42(39)51(43,37-18-6-2-7-19-37)38-20-8-3-9-21-38/h1-33,40,44H. The topological polar surface area (TPSA) is 29.6 Å². The molecule has 3 heteroatoms. The third-order valence-electron chi connectivity index (χ3n) is 11.7. The van der Waals surface area contributed by atoms with Gasteiger partial charge in [0.2, 0.25) is 5.96 Å². The summed E-state index contributed by atoms with van der Waals surface area (Å²) in [5, 5.41) is 2.43. The molecule has 54 heavy (non-hydrogen) atoms. The van der Waals surface area contributed by atoms with E-state index in [0.717, 1.165) is 22.3 Å². The molecule has 0 fully saturated rings. The maximum atomic E-state index is 5.49. The van der Waals surface area contributed by atoms with Crippen LogP contribution in [0.3, 0.4) is 0 Å². The molecule has 7 aromatic carbocycles. The lowest BCUT2D eigenvalue weighted by Gasteiger charge is -2.33. The molecule has 254 valence electrons. The van der Waals surface area contributed by atoms with Gasteiger partial charge in [-0.2, -0.15) is 0 Å². The van der Waals surface area contributed by atoms with E-state index in [9.17, 15) is 0 Å². The number of para-hydroxylation sites is 1. The number of hydrogen-bond acceptors (Lipinski definition) is 2. The molecule has 3 nitrogen and oxygen atoms in total. The number of hydrogen-bond donors (Lipinski definition) is 0. The molecule has 0 saturated carbocycles. The Labute approximate surface area is 314 Å². The Kier molecular flexibility index (Phi) is 6.90. The van der Waals surface area contributed by atoms with Crippen LogP contribution in [0.1, 0.15) is 27.8 Å². The third kappa shape index (κ3) is 4.42. The van der Waals surface area contributed by atoms with E-state index in [0.29, 0.717) is 5.96 Å². The van der Waals surface area contributed by atoms with Crippen LogP contribution in [0.4, 0.5) is 0 Å². The minimum Gasteiger partial charge on any atom is -0.278 e. The Balaban J connectivity index is 1.17. The largest absolute Gasteiger partial charge is 0.278 e. The smallest absolute Gasteiger partial charge is 0.230 e. The second kappa shape index (κ2) is 12.1. The van der Waals surface area contributed by atoms with Gasteiger partial charge in [0.25, 0.3) is 0 Å². The van der Waals surface area contributed by atoms with E-state index < -0.39 is 5.41 Å². The normalized spacial score (nSPS) is 17.9. The van der Waals surface area contributed by atoms with E-state index in [1.54, 1.807) is 0 Å². The molecule has 3 aliphatic rings. The molecule has 2 atom stereocenters. The van der Waals surface area contributed by atoms with Crippen LogP contribution in [0.25, 0.3) is 44.1 Å². The second-order valence-electron chi connectivity index (χ2n) is 14.4. The van der Waals surface area contributed by atoms with Crippen molar-refractivity contribution < 1.29 is 0 Å². The Morgan fingerprint density at radius 2 is 1.09 bits per heavy atom. The first-order chi connectivity index (χ1) is 26.8. The predicted octanol–water partition coefficient (Wildman–Crippen LogP) is 11.6. The molecule has 1 aromatic heterocycles. The summed E-state index contributed by atoms with van der Waals surface area (Å²) in [6.45, 7) is 0. The van der Waals surface area contributed by atoms with Crippen molar-refractivity contribution in [3.8, 4) is 22.3 Å². The van der Waals surface area contributed by atoms with Crippen molar-refractivity contribution in [2.75, 3.05) is 0 Å². The van der Waals surface area contributed by atoms with Gasteiger partial charge in [0, 0.05) is 16.7 Å². The Bertz CT molecular complexity index is 2820. The van der Waals surface area contributed by atoms with E-state index >= 15 is 0 Å². The number of aliphatic imine (C=N–C) groups is 2. The summed E-state index contributed by atoms with van der Waals surface area (Å²) in [5.41, 5.74) is 14.0. The highest BCUT2D eigenvalue weighted by molar-refractivity contribution is 6.23. The van der Waals surface area contributed by atoms with Gasteiger partial charge in [-0.15, -0.1) is 0 Å². The number of fused-ring (bicyclic) bond motifs is 8. The highest BCUT2D eigenvalue weighted by Gasteiger charge is 2.47. The van der Waals surface area contributed by atoms with E-state index in [1.807, 2.05) is 0 Å². The van der Waals surface area contributed by atoms with E-state index in [-0.39, 0.29) is 12.0 Å². The van der Waals surface area contributed by atoms with Crippen molar-refractivity contribution in [1.29, 1.82) is 0 Å². The molecule has 0 spiro atoms. The molecule has 0 saturated heterocycles. The quantitative estimate of drug-likeness (QED) is 0.176. The molecular weight excluding hydrogens is 655 g/mol. The molecule has 11 rings (SSSR count). The van der Waals surface area contributed by atoms with Gasteiger partial charge >= 0.3 is 0 Å². The maximum Gasteiger partial charge on any atom is 0.230 e. The molecule has 2 heterocycles. The van der Waals surface area contributed by atoms with Crippen molar-refractivity contribution in [3.05, 3.63) is 228 Å². The maximum absolute atomic E-state index is 5.49. The second-order valence-corrected chi connectivity index (χ2v) is 14.4. The van der Waals surface area contributed by atoms with Gasteiger partial charge in [-0.3, -0.25) is 4.57 Å². The lowest BCUT2D eigenvalue weighted by molar-refractivity contribution is 0.703. The van der Waals surface area contributed by atoms with Gasteiger partial charge in [-0.05, 0) is 62.2 Å². The van der Waals surface area contributed by atoms with Gasteiger partial charge in [0.05, 0.1) is 28.2 Å². The number of aromatic nitrogens is 1. The Morgan fingerprint density at radius 3 is 1.85 bits per heavy atom. The van der Waals surface area contributed by atoms with Crippen LogP contribution in [0.15, 0.2) is 210 Å². The molecule has 2 unspecified atom stereocenters. The van der Waals surface area contributed by atoms with Crippen molar-refractivity contribution in [3.63, 3.8) is 0 Å². The summed E-state index contributed by atoms with van der Waals surface area (Å²) in [5.74, 6) is 0.774. The van der Waals surface area contributed by atoms with Gasteiger partial charge in [0.1, 0.15) is 0 Å². The molecule has 2 aliphatic carbocycles. The molecule has 1 aliphatic heterocycles. The van der Waals surface area contributed by atoms with Crippen LogP contribution in [0.5, 0.6) is 0 Å². The summed E-state index contributed by atoms with van der Waals surface area (Å²) in [7, 11) is 0. The fraction of sp³-hybridized carbons (Fsp3) is 0.0588. The van der Waals surface area contributed by atoms with Crippen LogP contribution in [-0.2, 0) is 5.41 Å². The number of rotatable bonds is 4. The Morgan fingerprint density at radius 1 is 0.481 bits per heavy atom. The monoisotopic (exact) mass is 689 g/mol. The van der Waals surface area contributed by atoms with Crippen molar-refractivity contribution in [2.45, 2.75) is 11.5 Å². The summed E-state index contributed by atoms with van der Waals surface area (Å²) in [4.78, 5) is 10.9. The van der Waals surface area contributed by atoms with Gasteiger partial charge in [-0.1, -0.05) is 188 Å². The highest BCUT2D eigenvalue weighted by atomic mass is 15.2. The molecule has 0 bridgehead atoms. The summed E-state index contributed by atoms with van der Waals surface area (Å²) < 4.78 is 2.30. The number of nitrogens with zero attached hydrogens (tertiary/aromatic N) is 3. The van der Waals surface area contributed by atoms with Crippen LogP contribution < -0.4 is 0 Å².